The number of allylic oxidation sites excluding steroid dienone is 1. The van der Waals surface area contributed by atoms with E-state index in [9.17, 15) is 29.7 Å². The fraction of sp³-hybridized carbons (Fsp3) is 0.455. The predicted octanol–water partition coefficient (Wildman–Crippen LogP) is 3.67. The van der Waals surface area contributed by atoms with E-state index in [-0.39, 0.29) is 50.0 Å². The molecule has 2 heterocycles. The van der Waals surface area contributed by atoms with Crippen molar-refractivity contribution in [3.8, 4) is 5.75 Å². The van der Waals surface area contributed by atoms with Gasteiger partial charge in [0.2, 0.25) is 11.8 Å². The van der Waals surface area contributed by atoms with Crippen molar-refractivity contribution >= 4 is 29.4 Å². The van der Waals surface area contributed by atoms with E-state index >= 15 is 0 Å². The number of aliphatic hydroxyl groups is 2. The first kappa shape index (κ1) is 32.1. The van der Waals surface area contributed by atoms with Crippen molar-refractivity contribution in [2.75, 3.05) is 26.9 Å². The van der Waals surface area contributed by atoms with Crippen LogP contribution >= 0.6 is 0 Å². The van der Waals surface area contributed by atoms with Crippen molar-refractivity contribution in [3.05, 3.63) is 71.1 Å². The first-order valence-corrected chi connectivity index (χ1v) is 14.7. The van der Waals surface area contributed by atoms with Crippen LogP contribution in [-0.2, 0) is 19.1 Å². The summed E-state index contributed by atoms with van der Waals surface area (Å²) in [6.07, 6.45) is 5.12. The lowest BCUT2D eigenvalue weighted by molar-refractivity contribution is -0.141. The molecule has 0 unspecified atom stereocenters. The van der Waals surface area contributed by atoms with Gasteiger partial charge < -0.3 is 25.2 Å². The number of fused-ring (bicyclic) bond motifs is 1. The summed E-state index contributed by atoms with van der Waals surface area (Å²) in [5.41, 5.74) is 3.61. The molecule has 1 aliphatic carbocycles. The molecule has 1 saturated heterocycles. The van der Waals surface area contributed by atoms with Crippen LogP contribution in [0, 0.1) is 17.8 Å². The SMILES string of the molecule is COCC1=C([C@H](O)CC/C(=C/c2cccc(O)c2)c2ccccn2)[C@H](CO)[C@@H]2C(=O)N(CCCCCC(=O)O)C(=O)[C@@H]2C1. The van der Waals surface area contributed by atoms with E-state index in [0.717, 1.165) is 22.4 Å². The highest BCUT2D eigenvalue weighted by molar-refractivity contribution is 6.05. The number of carboxylic acid groups (broad SMARTS) is 1. The van der Waals surface area contributed by atoms with Crippen molar-refractivity contribution in [3.63, 3.8) is 0 Å². The fourth-order valence-corrected chi connectivity index (χ4v) is 6.36. The Balaban J connectivity index is 1.55. The van der Waals surface area contributed by atoms with E-state index in [1.54, 1.807) is 24.4 Å². The Bertz CT molecular complexity index is 1360. The maximum atomic E-state index is 13.5. The number of rotatable bonds is 15. The number of unbranched alkanes of at least 4 members (excludes halogenated alkanes) is 2. The molecule has 2 aliphatic rings. The number of amides is 2. The van der Waals surface area contributed by atoms with Crippen LogP contribution in [0.2, 0.25) is 0 Å². The predicted molar refractivity (Wildman–Crippen MR) is 159 cm³/mol. The fourth-order valence-electron chi connectivity index (χ4n) is 6.36. The Morgan fingerprint density at radius 1 is 1.12 bits per heavy atom. The Morgan fingerprint density at radius 3 is 2.60 bits per heavy atom. The molecule has 10 heteroatoms. The number of hydrogen-bond donors (Lipinski definition) is 4. The highest BCUT2D eigenvalue weighted by atomic mass is 16.5. The summed E-state index contributed by atoms with van der Waals surface area (Å²) in [7, 11) is 1.53. The van der Waals surface area contributed by atoms with Gasteiger partial charge in [0.15, 0.2) is 0 Å². The van der Waals surface area contributed by atoms with E-state index < -0.39 is 36.4 Å². The zero-order valence-electron chi connectivity index (χ0n) is 24.4. The molecule has 4 N–H and O–H groups in total. The quantitative estimate of drug-likeness (QED) is 0.138. The molecule has 0 saturated carbocycles. The number of benzene rings is 1. The van der Waals surface area contributed by atoms with E-state index in [4.69, 9.17) is 9.84 Å². The second kappa shape index (κ2) is 15.0. The molecule has 0 spiro atoms. The van der Waals surface area contributed by atoms with Gasteiger partial charge in [0.05, 0.1) is 36.8 Å². The van der Waals surface area contributed by atoms with Crippen molar-refractivity contribution in [1.82, 2.24) is 9.88 Å². The van der Waals surface area contributed by atoms with E-state index in [2.05, 4.69) is 4.98 Å². The van der Waals surface area contributed by atoms with Gasteiger partial charge in [-0.25, -0.2) is 0 Å². The van der Waals surface area contributed by atoms with Gasteiger partial charge in [0.1, 0.15) is 5.75 Å². The molecule has 1 fully saturated rings. The minimum Gasteiger partial charge on any atom is -0.508 e. The summed E-state index contributed by atoms with van der Waals surface area (Å²) in [6, 6.07) is 12.4. The third-order valence-electron chi connectivity index (χ3n) is 8.31. The average Bonchev–Trinajstić information content (AvgIpc) is 3.23. The standard InChI is InChI=1S/C33H40N2O8/c1-43-20-23-18-25-31(33(42)35(32(25)41)15-6-2-3-11-29(39)40)26(19-36)30(23)28(38)13-12-22(27-10-4-5-14-34-27)16-21-8-7-9-24(37)17-21/h4-5,7-10,14,16-17,25-26,28,31,36-38H,2-3,6,11-13,15,18-20H2,1H3,(H,39,40)/b22-16-/t25-,26+,28-,31-/m1/s1. The molecule has 1 aromatic carbocycles. The molecule has 10 nitrogen and oxygen atoms in total. The Labute approximate surface area is 251 Å². The average molecular weight is 593 g/mol. The second-order valence-corrected chi connectivity index (χ2v) is 11.2. The summed E-state index contributed by atoms with van der Waals surface area (Å²) >= 11 is 0. The third-order valence-corrected chi connectivity index (χ3v) is 8.31. The molecular weight excluding hydrogens is 552 g/mol. The number of pyridine rings is 1. The van der Waals surface area contributed by atoms with Gasteiger partial charge in [0, 0.05) is 32.2 Å². The van der Waals surface area contributed by atoms with E-state index in [0.29, 0.717) is 31.3 Å². The van der Waals surface area contributed by atoms with Gasteiger partial charge >= 0.3 is 5.97 Å². The lowest BCUT2D eigenvalue weighted by atomic mass is 9.68. The van der Waals surface area contributed by atoms with E-state index in [1.165, 1.54) is 12.0 Å². The third kappa shape index (κ3) is 7.76. The summed E-state index contributed by atoms with van der Waals surface area (Å²) in [6.45, 7) is -0.0410. The van der Waals surface area contributed by atoms with Crippen LogP contribution in [0.5, 0.6) is 5.75 Å². The van der Waals surface area contributed by atoms with Gasteiger partial charge in [-0.2, -0.15) is 0 Å². The highest BCUT2D eigenvalue weighted by Gasteiger charge is 2.54. The van der Waals surface area contributed by atoms with Crippen molar-refractivity contribution in [2.24, 2.45) is 17.8 Å². The molecule has 0 radical (unpaired) electrons. The van der Waals surface area contributed by atoms with Gasteiger partial charge in [-0.15, -0.1) is 0 Å². The number of ether oxygens (including phenoxy) is 1. The Hall–Kier alpha value is -3.86. The highest BCUT2D eigenvalue weighted by Crippen LogP contribution is 2.46. The minimum absolute atomic E-state index is 0.0380. The van der Waals surface area contributed by atoms with Crippen LogP contribution < -0.4 is 0 Å². The number of likely N-dealkylation sites (tertiary alicyclic amines) is 1. The van der Waals surface area contributed by atoms with Crippen LogP contribution in [0.15, 0.2) is 59.8 Å². The molecular formula is C33H40N2O8. The first-order chi connectivity index (χ1) is 20.7. The molecule has 2 aromatic rings. The van der Waals surface area contributed by atoms with Crippen molar-refractivity contribution < 1.29 is 39.5 Å². The molecule has 1 aromatic heterocycles. The molecule has 0 bridgehead atoms. The van der Waals surface area contributed by atoms with Crippen molar-refractivity contribution in [1.29, 1.82) is 0 Å². The zero-order valence-corrected chi connectivity index (χ0v) is 24.4. The number of methoxy groups -OCH3 is 1. The number of aromatic nitrogens is 1. The monoisotopic (exact) mass is 592 g/mol. The Kier molecular flexibility index (Phi) is 11.2. The summed E-state index contributed by atoms with van der Waals surface area (Å²) in [4.78, 5) is 43.4. The normalized spacial score (nSPS) is 21.3. The van der Waals surface area contributed by atoms with Crippen LogP contribution in [0.3, 0.4) is 0 Å². The second-order valence-electron chi connectivity index (χ2n) is 11.2. The lowest BCUT2D eigenvalue weighted by Gasteiger charge is -2.36. The number of phenols is 1. The lowest BCUT2D eigenvalue weighted by Crippen LogP contribution is -2.39. The number of aliphatic hydroxyl groups excluding tert-OH is 2. The number of hydrogen-bond acceptors (Lipinski definition) is 8. The summed E-state index contributed by atoms with van der Waals surface area (Å²) in [5, 5.41) is 40.9. The van der Waals surface area contributed by atoms with Gasteiger partial charge in [0.25, 0.3) is 0 Å². The Morgan fingerprint density at radius 2 is 1.93 bits per heavy atom. The summed E-state index contributed by atoms with van der Waals surface area (Å²) in [5.74, 6) is -3.54. The van der Waals surface area contributed by atoms with Gasteiger partial charge in [-0.1, -0.05) is 24.6 Å². The number of imide groups is 1. The maximum Gasteiger partial charge on any atom is 0.303 e. The number of phenolic OH excluding ortho intramolecular Hbond substituents is 1. The number of carbonyl (C=O) groups is 3. The van der Waals surface area contributed by atoms with Crippen LogP contribution in [0.25, 0.3) is 11.6 Å². The molecule has 2 amide bonds. The molecule has 230 valence electrons. The topological polar surface area (TPSA) is 157 Å². The largest absolute Gasteiger partial charge is 0.508 e. The smallest absolute Gasteiger partial charge is 0.303 e. The number of aliphatic carboxylic acids is 1. The van der Waals surface area contributed by atoms with Gasteiger partial charge in [-0.05, 0) is 84.7 Å². The minimum atomic E-state index is -1.01. The number of aromatic hydroxyl groups is 1. The zero-order chi connectivity index (χ0) is 30.9. The molecule has 4 rings (SSSR count). The molecule has 43 heavy (non-hydrogen) atoms. The first-order valence-electron chi connectivity index (χ1n) is 14.7. The van der Waals surface area contributed by atoms with Crippen LogP contribution in [0.1, 0.15) is 56.2 Å². The number of nitrogens with zero attached hydrogens (tertiary/aromatic N) is 2. The molecule has 1 aliphatic heterocycles. The number of carbonyl (C=O) groups excluding carboxylic acids is 2. The maximum absolute atomic E-state index is 13.5. The number of carboxylic acids is 1. The van der Waals surface area contributed by atoms with Crippen LogP contribution in [-0.4, -0.2) is 81.1 Å². The summed E-state index contributed by atoms with van der Waals surface area (Å²) < 4.78 is 5.43. The van der Waals surface area contributed by atoms with E-state index in [1.807, 2.05) is 30.3 Å². The molecule has 4 atom stereocenters. The van der Waals surface area contributed by atoms with Gasteiger partial charge in [-0.3, -0.25) is 24.3 Å². The van der Waals surface area contributed by atoms with Crippen LogP contribution in [0.4, 0.5) is 0 Å². The van der Waals surface area contributed by atoms with Crippen molar-refractivity contribution in [2.45, 2.75) is 51.0 Å².